The first-order valence-electron chi connectivity index (χ1n) is 8.40. The number of rotatable bonds is 8. The third kappa shape index (κ3) is 6.22. The molecule has 0 saturated carbocycles. The third-order valence-electron chi connectivity index (χ3n) is 4.19. The summed E-state index contributed by atoms with van der Waals surface area (Å²) in [6.45, 7) is -0.685. The van der Waals surface area contributed by atoms with Crippen LogP contribution in [0, 0.1) is 0 Å². The van der Waals surface area contributed by atoms with Crippen LogP contribution in [0.15, 0.2) is 36.4 Å². The fourth-order valence-corrected chi connectivity index (χ4v) is 3.12. The van der Waals surface area contributed by atoms with Gasteiger partial charge >= 0.3 is 6.61 Å². The number of amides is 1. The number of nitrogens with one attached hydrogen (secondary N) is 2. The second-order valence-corrected chi connectivity index (χ2v) is 7.13. The largest absolute Gasteiger partial charge is 0.493 e. The van der Waals surface area contributed by atoms with Gasteiger partial charge in [-0.15, -0.1) is 0 Å². The maximum Gasteiger partial charge on any atom is 0.387 e. The zero-order valence-electron chi connectivity index (χ0n) is 15.6. The molecule has 0 aliphatic carbocycles. The highest BCUT2D eigenvalue weighted by atomic mass is 35.5. The van der Waals surface area contributed by atoms with Crippen LogP contribution in [0.25, 0.3) is 0 Å². The van der Waals surface area contributed by atoms with Crippen molar-refractivity contribution in [2.45, 2.75) is 26.1 Å². The van der Waals surface area contributed by atoms with E-state index in [1.165, 1.54) is 13.2 Å². The van der Waals surface area contributed by atoms with E-state index in [9.17, 15) is 13.6 Å². The molecule has 28 heavy (non-hydrogen) atoms. The van der Waals surface area contributed by atoms with Gasteiger partial charge in [0, 0.05) is 21.3 Å². The zero-order valence-corrected chi connectivity index (χ0v) is 17.1. The second kappa shape index (κ2) is 9.91. The Morgan fingerprint density at radius 1 is 1.14 bits per heavy atom. The summed E-state index contributed by atoms with van der Waals surface area (Å²) in [5, 5.41) is 3.64. The first kappa shape index (κ1) is 22.2. The molecule has 0 aliphatic heterocycles. The van der Waals surface area contributed by atoms with Crippen LogP contribution >= 0.6 is 23.2 Å². The van der Waals surface area contributed by atoms with Gasteiger partial charge in [-0.3, -0.25) is 4.79 Å². The number of methoxy groups -OCH3 is 1. The van der Waals surface area contributed by atoms with Crippen LogP contribution in [0.2, 0.25) is 10.0 Å². The molecular weight excluding hydrogens is 413 g/mol. The first-order chi connectivity index (χ1) is 13.2. The minimum Gasteiger partial charge on any atom is -0.493 e. The molecule has 9 heteroatoms. The van der Waals surface area contributed by atoms with E-state index in [1.54, 1.807) is 37.3 Å². The molecule has 152 valence electrons. The maximum absolute atomic E-state index is 12.5. The molecule has 2 rings (SSSR count). The van der Waals surface area contributed by atoms with Crippen LogP contribution in [-0.4, -0.2) is 32.7 Å². The zero-order chi connectivity index (χ0) is 20.8. The van der Waals surface area contributed by atoms with E-state index in [0.29, 0.717) is 22.3 Å². The van der Waals surface area contributed by atoms with Gasteiger partial charge in [0.1, 0.15) is 6.54 Å². The molecule has 5 nitrogen and oxygen atoms in total. The number of alkyl halides is 2. The van der Waals surface area contributed by atoms with Crippen molar-refractivity contribution in [1.29, 1.82) is 0 Å². The van der Waals surface area contributed by atoms with Crippen molar-refractivity contribution in [3.63, 3.8) is 0 Å². The van der Waals surface area contributed by atoms with Crippen molar-refractivity contribution in [1.82, 2.24) is 0 Å². The number of hydrogen-bond donors (Lipinski definition) is 2. The van der Waals surface area contributed by atoms with Gasteiger partial charge in [-0.2, -0.15) is 8.78 Å². The quantitative estimate of drug-likeness (QED) is 0.667. The second-order valence-electron chi connectivity index (χ2n) is 6.26. The Labute approximate surface area is 172 Å². The Bertz CT molecular complexity index is 817. The van der Waals surface area contributed by atoms with Gasteiger partial charge < -0.3 is 19.7 Å². The first-order valence-corrected chi connectivity index (χ1v) is 9.16. The van der Waals surface area contributed by atoms with Crippen molar-refractivity contribution in [3.8, 4) is 11.5 Å². The molecule has 1 unspecified atom stereocenters. The van der Waals surface area contributed by atoms with Crippen LogP contribution in [0.1, 0.15) is 12.5 Å². The fourth-order valence-electron chi connectivity index (χ4n) is 2.59. The number of benzene rings is 2. The minimum atomic E-state index is -2.93. The predicted molar refractivity (Wildman–Crippen MR) is 105 cm³/mol. The number of quaternary nitrogens is 1. The van der Waals surface area contributed by atoms with Crippen LogP contribution in [0.4, 0.5) is 14.5 Å². The monoisotopic (exact) mass is 433 g/mol. The van der Waals surface area contributed by atoms with Gasteiger partial charge in [0.15, 0.2) is 17.5 Å². The molecule has 0 aromatic heterocycles. The summed E-state index contributed by atoms with van der Waals surface area (Å²) in [6.07, 6.45) is 0. The minimum absolute atomic E-state index is 0.0393. The smallest absolute Gasteiger partial charge is 0.387 e. The molecule has 2 aromatic carbocycles. The average molecular weight is 434 g/mol. The van der Waals surface area contributed by atoms with E-state index in [4.69, 9.17) is 27.9 Å². The normalized spacial score (nSPS) is 13.1. The number of likely N-dealkylation sites (N-methyl/N-ethyl adjacent to an activating group) is 1. The lowest BCUT2D eigenvalue weighted by Gasteiger charge is -2.22. The Morgan fingerprint density at radius 3 is 2.36 bits per heavy atom. The van der Waals surface area contributed by atoms with E-state index in [2.05, 4.69) is 10.1 Å². The Morgan fingerprint density at radius 2 is 1.79 bits per heavy atom. The summed E-state index contributed by atoms with van der Waals surface area (Å²) >= 11 is 11.9. The number of carbonyl (C=O) groups excluding carboxylic acids is 1. The number of carbonyl (C=O) groups is 1. The molecule has 1 amide bonds. The summed E-state index contributed by atoms with van der Waals surface area (Å²) in [7, 11) is 3.23. The maximum atomic E-state index is 12.5. The van der Waals surface area contributed by atoms with Crippen molar-refractivity contribution >= 4 is 34.8 Å². The molecule has 0 radical (unpaired) electrons. The molecule has 2 aromatic rings. The lowest BCUT2D eigenvalue weighted by Crippen LogP contribution is -3.12. The number of hydrogen-bond acceptors (Lipinski definition) is 3. The lowest BCUT2D eigenvalue weighted by molar-refractivity contribution is -0.907. The van der Waals surface area contributed by atoms with Crippen molar-refractivity contribution in [2.75, 3.05) is 19.5 Å². The van der Waals surface area contributed by atoms with Crippen LogP contribution in [0.5, 0.6) is 11.5 Å². The molecule has 2 N–H and O–H groups in total. The highest BCUT2D eigenvalue weighted by Crippen LogP contribution is 2.29. The SMILES string of the molecule is COc1cc(C[NH+](C)[C@@H](C)C(=O)Nc2cc(Cl)cc(Cl)c2)ccc1OC(F)F. The summed E-state index contributed by atoms with van der Waals surface area (Å²) < 4.78 is 34.4. The molecule has 0 saturated heterocycles. The highest BCUT2D eigenvalue weighted by Gasteiger charge is 2.23. The molecular formula is C19H21Cl2F2N2O3+. The number of halogens is 4. The molecule has 0 spiro atoms. The fraction of sp³-hybridized carbons (Fsp3) is 0.316. The van der Waals surface area contributed by atoms with Gasteiger partial charge in [0.25, 0.3) is 5.91 Å². The predicted octanol–water partition coefficient (Wildman–Crippen LogP) is 3.65. The number of anilines is 1. The standard InChI is InChI=1S/C19H20Cl2F2N2O3/c1-11(18(26)24-15-8-13(20)7-14(21)9-15)25(2)10-12-4-5-16(28-19(22)23)17(6-12)27-3/h4-9,11,19H,10H2,1-3H3,(H,24,26)/p+1/t11-/m0/s1. The van der Waals surface area contributed by atoms with E-state index in [1.807, 2.05) is 7.05 Å². The van der Waals surface area contributed by atoms with E-state index in [-0.39, 0.29) is 17.4 Å². The van der Waals surface area contributed by atoms with Gasteiger partial charge in [-0.25, -0.2) is 0 Å². The summed E-state index contributed by atoms with van der Waals surface area (Å²) in [5.74, 6) is -0.0424. The molecule has 0 aliphatic rings. The molecule has 0 bridgehead atoms. The van der Waals surface area contributed by atoms with E-state index in [0.717, 1.165) is 10.5 Å². The molecule has 0 heterocycles. The van der Waals surface area contributed by atoms with Gasteiger partial charge in [0.2, 0.25) is 0 Å². The van der Waals surface area contributed by atoms with Gasteiger partial charge in [0.05, 0.1) is 14.2 Å². The van der Waals surface area contributed by atoms with Gasteiger partial charge in [-0.1, -0.05) is 23.2 Å². The third-order valence-corrected chi connectivity index (χ3v) is 4.63. The van der Waals surface area contributed by atoms with Crippen molar-refractivity contribution in [2.24, 2.45) is 0 Å². The van der Waals surface area contributed by atoms with E-state index < -0.39 is 12.7 Å². The Kier molecular flexibility index (Phi) is 7.86. The molecule has 2 atom stereocenters. The Balaban J connectivity index is 2.04. The molecule has 0 fully saturated rings. The van der Waals surface area contributed by atoms with Crippen molar-refractivity contribution in [3.05, 3.63) is 52.0 Å². The lowest BCUT2D eigenvalue weighted by atomic mass is 10.1. The average Bonchev–Trinajstić information content (AvgIpc) is 2.60. The van der Waals surface area contributed by atoms with Crippen LogP contribution in [0.3, 0.4) is 0 Å². The van der Waals surface area contributed by atoms with Crippen molar-refractivity contribution < 1.29 is 27.9 Å². The summed E-state index contributed by atoms with van der Waals surface area (Å²) in [4.78, 5) is 13.4. The van der Waals surface area contributed by atoms with E-state index >= 15 is 0 Å². The Hall–Kier alpha value is -2.09. The summed E-state index contributed by atoms with van der Waals surface area (Å²) in [5.41, 5.74) is 1.32. The number of ether oxygens (including phenoxy) is 2. The van der Waals surface area contributed by atoms with Crippen LogP contribution < -0.4 is 19.7 Å². The summed E-state index contributed by atoms with van der Waals surface area (Å²) in [6, 6.07) is 9.09. The van der Waals surface area contributed by atoms with Crippen LogP contribution in [-0.2, 0) is 11.3 Å². The topological polar surface area (TPSA) is 52.0 Å². The van der Waals surface area contributed by atoms with Gasteiger partial charge in [-0.05, 0) is 43.3 Å². The highest BCUT2D eigenvalue weighted by molar-refractivity contribution is 6.35.